The van der Waals surface area contributed by atoms with E-state index < -0.39 is 81.6 Å². The Bertz CT molecular complexity index is 1640. The molecule has 1 saturated carbocycles. The highest BCUT2D eigenvalue weighted by molar-refractivity contribution is 6.34. The SMILES string of the molecule is C=CCC(=O)Nc1c(F)ccc(NC(=O)c2cc(NC(=O)[C@H]3[C@H](c4cc(F)cc(C(F)(F)F)c4)C3(F)F)ccc2Cl)c1F. The van der Waals surface area contributed by atoms with Gasteiger partial charge in [0.15, 0.2) is 5.82 Å². The van der Waals surface area contributed by atoms with Crippen molar-refractivity contribution < 1.29 is 49.5 Å². The molecule has 0 radical (unpaired) electrons. The number of halogens is 9. The first-order valence-corrected chi connectivity index (χ1v) is 12.5. The van der Waals surface area contributed by atoms with Gasteiger partial charge >= 0.3 is 6.18 Å². The highest BCUT2D eigenvalue weighted by Crippen LogP contribution is 2.62. The molecule has 0 aliphatic heterocycles. The summed E-state index contributed by atoms with van der Waals surface area (Å²) in [6.45, 7) is 3.33. The largest absolute Gasteiger partial charge is 0.416 e. The van der Waals surface area contributed by atoms with E-state index in [-0.39, 0.29) is 28.8 Å². The van der Waals surface area contributed by atoms with Crippen LogP contribution in [0.5, 0.6) is 0 Å². The minimum absolute atomic E-state index is 0.136. The summed E-state index contributed by atoms with van der Waals surface area (Å²) in [7, 11) is 0. The van der Waals surface area contributed by atoms with Gasteiger partial charge in [-0.2, -0.15) is 13.2 Å². The standard InChI is InChI=1S/C28H18ClF8N3O3/c1-2-3-20(41)40-24-18(31)6-7-19(23(24)32)39-25(42)16-11-15(4-5-17(16)29)38-26(43)22-21(27(22,33)34)12-8-13(28(35,36)37)10-14(30)9-12/h2,4-11,21-22H,1,3H2,(H,38,43)(H,39,42)(H,40,41)/t21-,22+/m0/s1. The van der Waals surface area contributed by atoms with Crippen LogP contribution in [-0.4, -0.2) is 23.6 Å². The van der Waals surface area contributed by atoms with Crippen LogP contribution in [0.15, 0.2) is 61.2 Å². The van der Waals surface area contributed by atoms with Gasteiger partial charge in [0.05, 0.1) is 27.8 Å². The second-order valence-electron chi connectivity index (χ2n) is 9.36. The molecule has 15 heteroatoms. The molecule has 1 aliphatic rings. The van der Waals surface area contributed by atoms with Crippen LogP contribution in [-0.2, 0) is 15.8 Å². The summed E-state index contributed by atoms with van der Waals surface area (Å²) in [6.07, 6.45) is -4.08. The number of hydrogen-bond acceptors (Lipinski definition) is 3. The fourth-order valence-corrected chi connectivity index (χ4v) is 4.50. The first kappa shape index (κ1) is 31.5. The molecule has 0 aromatic heterocycles. The number of hydrogen-bond donors (Lipinski definition) is 3. The second kappa shape index (κ2) is 11.7. The second-order valence-corrected chi connectivity index (χ2v) is 9.77. The van der Waals surface area contributed by atoms with Crippen LogP contribution in [0, 0.1) is 23.4 Å². The normalized spacial score (nSPS) is 17.1. The van der Waals surface area contributed by atoms with Crippen molar-refractivity contribution in [2.45, 2.75) is 24.4 Å². The molecule has 0 bridgehead atoms. The lowest BCUT2D eigenvalue weighted by Crippen LogP contribution is -2.19. The zero-order valence-corrected chi connectivity index (χ0v) is 22.1. The Balaban J connectivity index is 1.53. The summed E-state index contributed by atoms with van der Waals surface area (Å²) in [5.41, 5.74) is -4.28. The van der Waals surface area contributed by atoms with Gasteiger partial charge in [0.2, 0.25) is 11.8 Å². The summed E-state index contributed by atoms with van der Waals surface area (Å²) in [5, 5.41) is 6.01. The Labute approximate surface area is 242 Å². The lowest BCUT2D eigenvalue weighted by molar-refractivity contribution is -0.137. The van der Waals surface area contributed by atoms with Crippen molar-refractivity contribution in [1.29, 1.82) is 0 Å². The Morgan fingerprint density at radius 1 is 0.953 bits per heavy atom. The number of benzene rings is 3. The lowest BCUT2D eigenvalue weighted by atomic mass is 10.0. The number of carbonyl (C=O) groups is 3. The highest BCUT2D eigenvalue weighted by Gasteiger charge is 2.72. The van der Waals surface area contributed by atoms with E-state index in [2.05, 4.69) is 17.2 Å². The molecule has 3 aromatic carbocycles. The molecule has 0 heterocycles. The zero-order valence-electron chi connectivity index (χ0n) is 21.4. The van der Waals surface area contributed by atoms with E-state index in [1.54, 1.807) is 0 Å². The van der Waals surface area contributed by atoms with E-state index in [0.717, 1.165) is 30.3 Å². The molecule has 3 amide bonds. The van der Waals surface area contributed by atoms with Gasteiger partial charge in [-0.25, -0.2) is 22.0 Å². The smallest absolute Gasteiger partial charge is 0.326 e. The number of amides is 3. The van der Waals surface area contributed by atoms with E-state index in [0.29, 0.717) is 12.1 Å². The molecule has 3 N–H and O–H groups in total. The van der Waals surface area contributed by atoms with Gasteiger partial charge in [0.1, 0.15) is 23.2 Å². The Morgan fingerprint density at radius 3 is 2.30 bits per heavy atom. The number of anilines is 3. The van der Waals surface area contributed by atoms with Gasteiger partial charge in [0, 0.05) is 12.1 Å². The van der Waals surface area contributed by atoms with Crippen LogP contribution >= 0.6 is 11.6 Å². The molecule has 2 atom stereocenters. The molecular formula is C28H18ClF8N3O3. The van der Waals surface area contributed by atoms with Gasteiger partial charge in [-0.1, -0.05) is 17.7 Å². The number of nitrogens with one attached hydrogen (secondary N) is 3. The molecule has 3 aromatic rings. The van der Waals surface area contributed by atoms with E-state index in [1.807, 2.05) is 5.32 Å². The maximum Gasteiger partial charge on any atom is 0.416 e. The third-order valence-electron chi connectivity index (χ3n) is 6.35. The van der Waals surface area contributed by atoms with Gasteiger partial charge in [-0.05, 0) is 54.1 Å². The topological polar surface area (TPSA) is 87.3 Å². The van der Waals surface area contributed by atoms with Crippen LogP contribution in [0.3, 0.4) is 0 Å². The molecule has 1 fully saturated rings. The number of alkyl halides is 5. The molecule has 0 spiro atoms. The summed E-state index contributed by atoms with van der Waals surface area (Å²) < 4.78 is 111. The van der Waals surface area contributed by atoms with E-state index in [9.17, 15) is 49.5 Å². The minimum atomic E-state index is -5.02. The van der Waals surface area contributed by atoms with Crippen LogP contribution < -0.4 is 16.0 Å². The molecule has 226 valence electrons. The van der Waals surface area contributed by atoms with Gasteiger partial charge in [-0.15, -0.1) is 6.58 Å². The van der Waals surface area contributed by atoms with Crippen molar-refractivity contribution in [3.05, 3.63) is 100 Å². The third kappa shape index (κ3) is 6.63. The zero-order chi connectivity index (χ0) is 31.9. The monoisotopic (exact) mass is 631 g/mol. The van der Waals surface area contributed by atoms with Crippen molar-refractivity contribution >= 4 is 46.4 Å². The predicted molar refractivity (Wildman–Crippen MR) is 140 cm³/mol. The van der Waals surface area contributed by atoms with E-state index in [4.69, 9.17) is 11.6 Å². The maximum absolute atomic E-state index is 14.9. The van der Waals surface area contributed by atoms with Gasteiger partial charge in [-0.3, -0.25) is 14.4 Å². The Kier molecular flexibility index (Phi) is 8.54. The predicted octanol–water partition coefficient (Wildman–Crippen LogP) is 7.53. The molecule has 0 saturated heterocycles. The highest BCUT2D eigenvalue weighted by atomic mass is 35.5. The van der Waals surface area contributed by atoms with Crippen LogP contribution in [0.1, 0.15) is 33.8 Å². The molecule has 43 heavy (non-hydrogen) atoms. The molecule has 4 rings (SSSR count). The van der Waals surface area contributed by atoms with E-state index in [1.165, 1.54) is 6.08 Å². The molecule has 1 aliphatic carbocycles. The van der Waals surface area contributed by atoms with Crippen LogP contribution in [0.25, 0.3) is 0 Å². The number of carbonyl (C=O) groups excluding carboxylic acids is 3. The van der Waals surface area contributed by atoms with Crippen LogP contribution in [0.4, 0.5) is 52.2 Å². The minimum Gasteiger partial charge on any atom is -0.326 e. The summed E-state index contributed by atoms with van der Waals surface area (Å²) in [4.78, 5) is 37.3. The van der Waals surface area contributed by atoms with Crippen molar-refractivity contribution in [2.24, 2.45) is 5.92 Å². The first-order valence-electron chi connectivity index (χ1n) is 12.1. The third-order valence-corrected chi connectivity index (χ3v) is 6.68. The van der Waals surface area contributed by atoms with Crippen molar-refractivity contribution in [3.8, 4) is 0 Å². The fraction of sp³-hybridized carbons (Fsp3) is 0.179. The summed E-state index contributed by atoms with van der Waals surface area (Å²) >= 11 is 6.04. The Hall–Kier alpha value is -4.46. The lowest BCUT2D eigenvalue weighted by Gasteiger charge is -2.13. The molecular weight excluding hydrogens is 614 g/mol. The summed E-state index contributed by atoms with van der Waals surface area (Å²) in [5.74, 6) is -15.1. The maximum atomic E-state index is 14.9. The molecule has 6 nitrogen and oxygen atoms in total. The average molecular weight is 632 g/mol. The summed E-state index contributed by atoms with van der Waals surface area (Å²) in [6, 6.07) is 5.75. The van der Waals surface area contributed by atoms with Crippen molar-refractivity contribution in [2.75, 3.05) is 16.0 Å². The fourth-order valence-electron chi connectivity index (χ4n) is 4.30. The average Bonchev–Trinajstić information content (AvgIpc) is 3.50. The van der Waals surface area contributed by atoms with Crippen molar-refractivity contribution in [1.82, 2.24) is 0 Å². The molecule has 0 unspecified atom stereocenters. The van der Waals surface area contributed by atoms with Crippen molar-refractivity contribution in [3.63, 3.8) is 0 Å². The Morgan fingerprint density at radius 2 is 1.65 bits per heavy atom. The number of rotatable bonds is 8. The van der Waals surface area contributed by atoms with Crippen LogP contribution in [0.2, 0.25) is 5.02 Å². The van der Waals surface area contributed by atoms with Gasteiger partial charge < -0.3 is 16.0 Å². The first-order chi connectivity index (χ1) is 20.0. The van der Waals surface area contributed by atoms with E-state index >= 15 is 0 Å². The van der Waals surface area contributed by atoms with Gasteiger partial charge in [0.25, 0.3) is 11.8 Å². The quantitative estimate of drug-likeness (QED) is 0.177.